The number of hydrogen-bond acceptors (Lipinski definition) is 3. The van der Waals surface area contributed by atoms with Crippen molar-refractivity contribution < 1.29 is 4.42 Å². The van der Waals surface area contributed by atoms with Crippen molar-refractivity contribution in [2.45, 2.75) is 25.4 Å². The van der Waals surface area contributed by atoms with Gasteiger partial charge in [-0.05, 0) is 36.6 Å². The monoisotopic (exact) mass is 264 g/mol. The van der Waals surface area contributed by atoms with Gasteiger partial charge in [0.05, 0.1) is 18.3 Å². The highest BCUT2D eigenvalue weighted by molar-refractivity contribution is 5.84. The summed E-state index contributed by atoms with van der Waals surface area (Å²) in [4.78, 5) is 4.42. The smallest absolute Gasteiger partial charge is 0.125 e. The summed E-state index contributed by atoms with van der Waals surface area (Å²) in [6.45, 7) is 0.799. The molecule has 4 rings (SSSR count). The van der Waals surface area contributed by atoms with Crippen LogP contribution < -0.4 is 5.32 Å². The highest BCUT2D eigenvalue weighted by Gasteiger charge is 2.21. The lowest BCUT2D eigenvalue weighted by molar-refractivity contribution is 0.483. The molecular weight excluding hydrogens is 248 g/mol. The first-order valence-corrected chi connectivity index (χ1v) is 7.05. The van der Waals surface area contributed by atoms with E-state index in [1.165, 1.54) is 12.8 Å². The predicted octanol–water partition coefficient (Wildman–Crippen LogP) is 3.75. The van der Waals surface area contributed by atoms with E-state index in [1.54, 1.807) is 6.26 Å². The Hall–Kier alpha value is -2.13. The van der Waals surface area contributed by atoms with E-state index in [-0.39, 0.29) is 0 Å². The standard InChI is InChI=1S/C17H16N2O/c1-2-12-3-4-13(10-16(12)18-8-1)15-7-9-20-17(15)11-19-14-5-6-14/h1-4,7-10,14,19H,5-6,11H2. The highest BCUT2D eigenvalue weighted by atomic mass is 16.3. The maximum absolute atomic E-state index is 5.63. The summed E-state index contributed by atoms with van der Waals surface area (Å²) >= 11 is 0. The van der Waals surface area contributed by atoms with Gasteiger partial charge in [-0.1, -0.05) is 18.2 Å². The normalized spacial score (nSPS) is 14.8. The molecule has 0 radical (unpaired) electrons. The molecule has 2 aromatic heterocycles. The Balaban J connectivity index is 1.69. The fourth-order valence-corrected chi connectivity index (χ4v) is 2.49. The van der Waals surface area contributed by atoms with E-state index in [4.69, 9.17) is 4.42 Å². The molecule has 0 atom stereocenters. The van der Waals surface area contributed by atoms with Gasteiger partial charge < -0.3 is 9.73 Å². The van der Waals surface area contributed by atoms with Gasteiger partial charge in [-0.15, -0.1) is 0 Å². The predicted molar refractivity (Wildman–Crippen MR) is 79.3 cm³/mol. The lowest BCUT2D eigenvalue weighted by Gasteiger charge is -2.05. The summed E-state index contributed by atoms with van der Waals surface area (Å²) in [5.41, 5.74) is 3.34. The first kappa shape index (κ1) is 11.7. The fraction of sp³-hybridized carbons (Fsp3) is 0.235. The van der Waals surface area contributed by atoms with Gasteiger partial charge in [0.15, 0.2) is 0 Å². The van der Waals surface area contributed by atoms with E-state index in [1.807, 2.05) is 18.3 Å². The molecule has 0 saturated heterocycles. The molecule has 0 aliphatic heterocycles. The molecule has 2 heterocycles. The summed E-state index contributed by atoms with van der Waals surface area (Å²) in [5, 5.41) is 4.66. The van der Waals surface area contributed by atoms with Crippen molar-refractivity contribution >= 4 is 10.9 Å². The number of rotatable bonds is 4. The first-order chi connectivity index (χ1) is 9.90. The van der Waals surface area contributed by atoms with E-state index in [0.717, 1.165) is 34.3 Å². The van der Waals surface area contributed by atoms with Crippen molar-refractivity contribution in [2.24, 2.45) is 0 Å². The van der Waals surface area contributed by atoms with Crippen LogP contribution in [0, 0.1) is 0 Å². The molecule has 1 aliphatic carbocycles. The number of fused-ring (bicyclic) bond motifs is 1. The quantitative estimate of drug-likeness (QED) is 0.780. The zero-order chi connectivity index (χ0) is 13.4. The molecule has 0 amide bonds. The van der Waals surface area contributed by atoms with Crippen LogP contribution in [-0.4, -0.2) is 11.0 Å². The second kappa shape index (κ2) is 4.76. The van der Waals surface area contributed by atoms with Crippen LogP contribution in [0.25, 0.3) is 22.0 Å². The van der Waals surface area contributed by atoms with Crippen molar-refractivity contribution in [1.29, 1.82) is 0 Å². The minimum atomic E-state index is 0.686. The van der Waals surface area contributed by atoms with Crippen LogP contribution in [0.1, 0.15) is 18.6 Å². The largest absolute Gasteiger partial charge is 0.467 e. The molecule has 0 unspecified atom stereocenters. The summed E-state index contributed by atoms with van der Waals surface area (Å²) in [6.07, 6.45) is 6.17. The highest BCUT2D eigenvalue weighted by Crippen LogP contribution is 2.28. The van der Waals surface area contributed by atoms with Gasteiger partial charge in [-0.25, -0.2) is 0 Å². The molecule has 20 heavy (non-hydrogen) atoms. The van der Waals surface area contributed by atoms with Crippen molar-refractivity contribution in [3.05, 3.63) is 54.6 Å². The number of hydrogen-bond donors (Lipinski definition) is 1. The van der Waals surface area contributed by atoms with Gasteiger partial charge in [0.2, 0.25) is 0 Å². The maximum Gasteiger partial charge on any atom is 0.125 e. The zero-order valence-corrected chi connectivity index (χ0v) is 11.2. The van der Waals surface area contributed by atoms with Crippen LogP contribution >= 0.6 is 0 Å². The van der Waals surface area contributed by atoms with Gasteiger partial charge in [0, 0.05) is 23.2 Å². The summed E-state index contributed by atoms with van der Waals surface area (Å²) < 4.78 is 5.63. The number of aromatic nitrogens is 1. The maximum atomic E-state index is 5.63. The van der Waals surface area contributed by atoms with Crippen LogP contribution in [0.15, 0.2) is 53.3 Å². The number of pyridine rings is 1. The molecular formula is C17H16N2O. The molecule has 3 heteroatoms. The van der Waals surface area contributed by atoms with Crippen molar-refractivity contribution in [2.75, 3.05) is 0 Å². The van der Waals surface area contributed by atoms with Gasteiger partial charge in [-0.3, -0.25) is 4.98 Å². The molecule has 1 aromatic carbocycles. The average Bonchev–Trinajstić information content (AvgIpc) is 3.21. The summed E-state index contributed by atoms with van der Waals surface area (Å²) in [5.74, 6) is 1.01. The molecule has 0 bridgehead atoms. The van der Waals surface area contributed by atoms with Gasteiger partial charge in [-0.2, -0.15) is 0 Å². The Labute approximate surface area is 117 Å². The van der Waals surface area contributed by atoms with E-state index >= 15 is 0 Å². The topological polar surface area (TPSA) is 38.1 Å². The Bertz CT molecular complexity index is 743. The number of furan rings is 1. The summed E-state index contributed by atoms with van der Waals surface area (Å²) in [6, 6.07) is 13.1. The molecule has 3 nitrogen and oxygen atoms in total. The third-order valence-corrected chi connectivity index (χ3v) is 3.79. The molecule has 1 aliphatic rings. The van der Waals surface area contributed by atoms with E-state index in [0.29, 0.717) is 6.04 Å². The number of benzene rings is 1. The molecule has 1 saturated carbocycles. The Morgan fingerprint density at radius 3 is 3.05 bits per heavy atom. The molecule has 1 N–H and O–H groups in total. The second-order valence-electron chi connectivity index (χ2n) is 5.32. The minimum Gasteiger partial charge on any atom is -0.467 e. The molecule has 1 fully saturated rings. The van der Waals surface area contributed by atoms with Crippen LogP contribution in [0.5, 0.6) is 0 Å². The van der Waals surface area contributed by atoms with Crippen LogP contribution in [0.2, 0.25) is 0 Å². The Morgan fingerprint density at radius 2 is 2.15 bits per heavy atom. The van der Waals surface area contributed by atoms with Gasteiger partial charge >= 0.3 is 0 Å². The van der Waals surface area contributed by atoms with E-state index in [2.05, 4.69) is 34.6 Å². The summed E-state index contributed by atoms with van der Waals surface area (Å²) in [7, 11) is 0. The third kappa shape index (κ3) is 2.21. The van der Waals surface area contributed by atoms with Crippen molar-refractivity contribution in [1.82, 2.24) is 10.3 Å². The lowest BCUT2D eigenvalue weighted by Crippen LogP contribution is -2.15. The van der Waals surface area contributed by atoms with Crippen molar-refractivity contribution in [3.63, 3.8) is 0 Å². The zero-order valence-electron chi connectivity index (χ0n) is 11.2. The second-order valence-corrected chi connectivity index (χ2v) is 5.32. The third-order valence-electron chi connectivity index (χ3n) is 3.79. The van der Waals surface area contributed by atoms with E-state index in [9.17, 15) is 0 Å². The lowest BCUT2D eigenvalue weighted by atomic mass is 10.0. The minimum absolute atomic E-state index is 0.686. The SMILES string of the molecule is c1cnc2cc(-c3ccoc3CNC3CC3)ccc2c1. The van der Waals surface area contributed by atoms with E-state index < -0.39 is 0 Å². The van der Waals surface area contributed by atoms with Gasteiger partial charge in [0.1, 0.15) is 5.76 Å². The van der Waals surface area contributed by atoms with Crippen LogP contribution in [-0.2, 0) is 6.54 Å². The molecule has 100 valence electrons. The fourth-order valence-electron chi connectivity index (χ4n) is 2.49. The Morgan fingerprint density at radius 1 is 1.20 bits per heavy atom. The van der Waals surface area contributed by atoms with Crippen LogP contribution in [0.3, 0.4) is 0 Å². The average molecular weight is 264 g/mol. The van der Waals surface area contributed by atoms with Crippen LogP contribution in [0.4, 0.5) is 0 Å². The Kier molecular flexibility index (Phi) is 2.78. The van der Waals surface area contributed by atoms with Crippen molar-refractivity contribution in [3.8, 4) is 11.1 Å². The molecule has 0 spiro atoms. The molecule has 3 aromatic rings. The first-order valence-electron chi connectivity index (χ1n) is 7.05. The number of nitrogens with one attached hydrogen (secondary N) is 1. The van der Waals surface area contributed by atoms with Gasteiger partial charge in [0.25, 0.3) is 0 Å². The number of nitrogens with zero attached hydrogens (tertiary/aromatic N) is 1.